The number of fused-ring (bicyclic) bond motifs is 1. The molecule has 0 saturated carbocycles. The van der Waals surface area contributed by atoms with E-state index < -0.39 is 0 Å². The summed E-state index contributed by atoms with van der Waals surface area (Å²) in [7, 11) is 2.08. The van der Waals surface area contributed by atoms with E-state index in [4.69, 9.17) is 4.42 Å². The summed E-state index contributed by atoms with van der Waals surface area (Å²) in [6, 6.07) is 12.2. The normalized spacial score (nSPS) is 12.8. The molecule has 0 bridgehead atoms. The lowest BCUT2D eigenvalue weighted by Crippen LogP contribution is -2.21. The Labute approximate surface area is 150 Å². The summed E-state index contributed by atoms with van der Waals surface area (Å²) in [6.07, 6.45) is 3.47. The lowest BCUT2D eigenvalue weighted by Gasteiger charge is -2.21. The Balaban J connectivity index is 1.49. The monoisotopic (exact) mass is 350 g/mol. The second-order valence-corrected chi connectivity index (χ2v) is 6.85. The zero-order valence-corrected chi connectivity index (χ0v) is 14.9. The number of furan rings is 1. The lowest BCUT2D eigenvalue weighted by atomic mass is 10.2. The van der Waals surface area contributed by atoms with Gasteiger partial charge in [-0.2, -0.15) is 0 Å². The predicted molar refractivity (Wildman–Crippen MR) is 99.2 cm³/mol. The maximum atomic E-state index is 5.98. The third-order valence-corrected chi connectivity index (χ3v) is 5.12. The molecule has 1 aromatic carbocycles. The number of rotatable bonds is 5. The quantitative estimate of drug-likeness (QED) is 0.529. The fourth-order valence-electron chi connectivity index (χ4n) is 2.71. The van der Waals surface area contributed by atoms with Crippen LogP contribution in [-0.4, -0.2) is 26.9 Å². The lowest BCUT2D eigenvalue weighted by molar-refractivity contribution is 0.224. The highest BCUT2D eigenvalue weighted by Crippen LogP contribution is 2.28. The van der Waals surface area contributed by atoms with Crippen molar-refractivity contribution < 1.29 is 4.42 Å². The minimum absolute atomic E-state index is 0.158. The fraction of sp³-hybridized carbons (Fsp3) is 0.211. The van der Waals surface area contributed by atoms with Crippen molar-refractivity contribution in [2.45, 2.75) is 19.5 Å². The van der Waals surface area contributed by atoms with Gasteiger partial charge in [0.2, 0.25) is 0 Å². The van der Waals surface area contributed by atoms with Gasteiger partial charge in [0, 0.05) is 29.7 Å². The number of hydrogen-bond donors (Lipinski definition) is 0. The first kappa shape index (κ1) is 15.9. The molecule has 0 amide bonds. The van der Waals surface area contributed by atoms with E-state index in [1.807, 2.05) is 18.2 Å². The Morgan fingerprint density at radius 3 is 2.76 bits per heavy atom. The van der Waals surface area contributed by atoms with E-state index in [1.54, 1.807) is 29.8 Å². The van der Waals surface area contributed by atoms with Gasteiger partial charge in [0.1, 0.15) is 11.3 Å². The first-order chi connectivity index (χ1) is 12.2. The van der Waals surface area contributed by atoms with Crippen molar-refractivity contribution in [3.63, 3.8) is 0 Å². The maximum absolute atomic E-state index is 5.98. The van der Waals surface area contributed by atoms with Gasteiger partial charge in [0.15, 0.2) is 10.8 Å². The molecule has 0 N–H and O–H groups in total. The van der Waals surface area contributed by atoms with Gasteiger partial charge in [0.05, 0.1) is 11.7 Å². The molecule has 3 aromatic heterocycles. The highest BCUT2D eigenvalue weighted by Gasteiger charge is 2.18. The average molecular weight is 350 g/mol. The molecule has 0 aliphatic carbocycles. The molecule has 5 nitrogen and oxygen atoms in total. The van der Waals surface area contributed by atoms with Crippen LogP contribution in [0.3, 0.4) is 0 Å². The third-order valence-electron chi connectivity index (χ3n) is 4.24. The Hall–Kier alpha value is -2.57. The Morgan fingerprint density at radius 2 is 1.96 bits per heavy atom. The van der Waals surface area contributed by atoms with Gasteiger partial charge in [-0.1, -0.05) is 18.2 Å². The van der Waals surface area contributed by atoms with E-state index in [9.17, 15) is 0 Å². The van der Waals surface area contributed by atoms with Crippen LogP contribution in [0.2, 0.25) is 0 Å². The molecule has 0 aliphatic heterocycles. The van der Waals surface area contributed by atoms with E-state index in [0.29, 0.717) is 5.82 Å². The van der Waals surface area contributed by atoms with Crippen molar-refractivity contribution in [1.82, 2.24) is 19.9 Å². The first-order valence-electron chi connectivity index (χ1n) is 8.11. The number of thiazole rings is 1. The van der Waals surface area contributed by atoms with Crippen molar-refractivity contribution in [1.29, 1.82) is 0 Å². The highest BCUT2D eigenvalue weighted by molar-refractivity contribution is 7.13. The van der Waals surface area contributed by atoms with Gasteiger partial charge in [0.25, 0.3) is 0 Å². The molecule has 0 radical (unpaired) electrons. The molecule has 126 valence electrons. The number of benzene rings is 1. The van der Waals surface area contributed by atoms with Gasteiger partial charge in [-0.25, -0.2) is 15.0 Å². The fourth-order valence-corrected chi connectivity index (χ4v) is 3.47. The van der Waals surface area contributed by atoms with Crippen LogP contribution < -0.4 is 0 Å². The average Bonchev–Trinajstić information content (AvgIpc) is 3.28. The van der Waals surface area contributed by atoms with Crippen LogP contribution in [0.25, 0.3) is 21.8 Å². The Kier molecular flexibility index (Phi) is 4.29. The van der Waals surface area contributed by atoms with Crippen LogP contribution in [0.5, 0.6) is 0 Å². The number of para-hydroxylation sites is 1. The molecule has 6 heteroatoms. The maximum Gasteiger partial charge on any atom is 0.188 e. The summed E-state index contributed by atoms with van der Waals surface area (Å²) in [5.41, 5.74) is 1.94. The van der Waals surface area contributed by atoms with Crippen molar-refractivity contribution in [3.8, 4) is 10.8 Å². The van der Waals surface area contributed by atoms with Crippen molar-refractivity contribution in [2.75, 3.05) is 7.05 Å². The van der Waals surface area contributed by atoms with Gasteiger partial charge >= 0.3 is 0 Å². The molecule has 0 saturated heterocycles. The second-order valence-electron chi connectivity index (χ2n) is 5.99. The molecule has 0 unspecified atom stereocenters. The van der Waals surface area contributed by atoms with Gasteiger partial charge in [-0.15, -0.1) is 11.3 Å². The molecular weight excluding hydrogens is 332 g/mol. The van der Waals surface area contributed by atoms with E-state index >= 15 is 0 Å². The standard InChI is InChI=1S/C19H18N4OS/c1-13(17-10-14-6-3-4-7-16(14)24-17)23(2)11-15-12-25-19(22-15)18-20-8-5-9-21-18/h3-10,12-13H,11H2,1-2H3/t13-/m0/s1. The van der Waals surface area contributed by atoms with E-state index in [1.165, 1.54) is 0 Å². The van der Waals surface area contributed by atoms with Gasteiger partial charge < -0.3 is 4.42 Å². The molecule has 25 heavy (non-hydrogen) atoms. The summed E-state index contributed by atoms with van der Waals surface area (Å²) in [5.74, 6) is 1.64. The predicted octanol–water partition coefficient (Wildman–Crippen LogP) is 4.54. The Morgan fingerprint density at radius 1 is 1.16 bits per heavy atom. The zero-order valence-electron chi connectivity index (χ0n) is 14.1. The number of nitrogens with zero attached hydrogens (tertiary/aromatic N) is 4. The summed E-state index contributed by atoms with van der Waals surface area (Å²) in [6.45, 7) is 2.88. The third kappa shape index (κ3) is 3.31. The van der Waals surface area contributed by atoms with E-state index in [2.05, 4.69) is 51.3 Å². The van der Waals surface area contributed by atoms with Crippen LogP contribution in [0.4, 0.5) is 0 Å². The van der Waals surface area contributed by atoms with Crippen molar-refractivity contribution in [3.05, 3.63) is 65.6 Å². The Bertz CT molecular complexity index is 946. The summed E-state index contributed by atoms with van der Waals surface area (Å²) in [5, 5.41) is 4.04. The molecule has 0 spiro atoms. The topological polar surface area (TPSA) is 55.1 Å². The van der Waals surface area contributed by atoms with Crippen LogP contribution in [0.15, 0.2) is 58.6 Å². The molecule has 4 aromatic rings. The van der Waals surface area contributed by atoms with Crippen LogP contribution >= 0.6 is 11.3 Å². The molecule has 3 heterocycles. The molecule has 0 aliphatic rings. The van der Waals surface area contributed by atoms with E-state index in [0.717, 1.165) is 34.0 Å². The van der Waals surface area contributed by atoms with E-state index in [-0.39, 0.29) is 6.04 Å². The summed E-state index contributed by atoms with van der Waals surface area (Å²) in [4.78, 5) is 15.4. The highest BCUT2D eigenvalue weighted by atomic mass is 32.1. The van der Waals surface area contributed by atoms with Crippen molar-refractivity contribution >= 4 is 22.3 Å². The largest absolute Gasteiger partial charge is 0.459 e. The first-order valence-corrected chi connectivity index (χ1v) is 8.99. The van der Waals surface area contributed by atoms with Crippen molar-refractivity contribution in [2.24, 2.45) is 0 Å². The number of aromatic nitrogens is 3. The molecule has 1 atom stereocenters. The van der Waals surface area contributed by atoms with Crippen LogP contribution in [0, 0.1) is 0 Å². The minimum Gasteiger partial charge on any atom is -0.459 e. The molecule has 4 rings (SSSR count). The summed E-state index contributed by atoms with van der Waals surface area (Å²) >= 11 is 1.57. The SMILES string of the molecule is C[C@@H](c1cc2ccccc2o1)N(C)Cc1csc(-c2ncccn2)n1. The van der Waals surface area contributed by atoms with Gasteiger partial charge in [-0.05, 0) is 32.2 Å². The van der Waals surface area contributed by atoms with Gasteiger partial charge in [-0.3, -0.25) is 4.90 Å². The van der Waals surface area contributed by atoms with Crippen LogP contribution in [-0.2, 0) is 6.54 Å². The minimum atomic E-state index is 0.158. The summed E-state index contributed by atoms with van der Waals surface area (Å²) < 4.78 is 5.98. The molecular formula is C19H18N4OS. The molecule has 0 fully saturated rings. The zero-order chi connectivity index (χ0) is 17.2. The number of hydrogen-bond acceptors (Lipinski definition) is 6. The van der Waals surface area contributed by atoms with Crippen LogP contribution in [0.1, 0.15) is 24.4 Å². The second kappa shape index (κ2) is 6.74. The smallest absolute Gasteiger partial charge is 0.188 e.